The van der Waals surface area contributed by atoms with Gasteiger partial charge in [-0.05, 0) is 19.1 Å². The third-order valence-electron chi connectivity index (χ3n) is 3.58. The number of aryl methyl sites for hydroxylation is 1. The maximum Gasteiger partial charge on any atom is 0.112 e. The molecule has 1 atom stereocenters. The van der Waals surface area contributed by atoms with Crippen molar-refractivity contribution in [3.8, 4) is 0 Å². The Balaban J connectivity index is 1.72. The molecule has 0 saturated carbocycles. The van der Waals surface area contributed by atoms with Gasteiger partial charge in [-0.1, -0.05) is 0 Å². The molecule has 1 unspecified atom stereocenters. The van der Waals surface area contributed by atoms with E-state index in [1.54, 1.807) is 11.3 Å². The van der Waals surface area contributed by atoms with E-state index in [1.165, 1.54) is 0 Å². The van der Waals surface area contributed by atoms with Gasteiger partial charge in [0.25, 0.3) is 0 Å². The largest absolute Gasteiger partial charge is 0.388 e. The third-order valence-corrected chi connectivity index (χ3v) is 4.35. The number of nitrogens with zero attached hydrogens (tertiary/aromatic N) is 3. The smallest absolute Gasteiger partial charge is 0.112 e. The summed E-state index contributed by atoms with van der Waals surface area (Å²) in [5, 5.41) is 6.36. The number of thiazole rings is 1. The van der Waals surface area contributed by atoms with Crippen molar-refractivity contribution in [1.82, 2.24) is 14.9 Å². The molecule has 112 valence electrons. The maximum absolute atomic E-state index is 5.92. The Morgan fingerprint density at radius 1 is 1.48 bits per heavy atom. The third kappa shape index (κ3) is 3.58. The molecule has 5 nitrogen and oxygen atoms in total. The number of pyridine rings is 1. The van der Waals surface area contributed by atoms with E-state index in [4.69, 9.17) is 4.74 Å². The van der Waals surface area contributed by atoms with Gasteiger partial charge >= 0.3 is 0 Å². The lowest BCUT2D eigenvalue weighted by Crippen LogP contribution is -2.38. The summed E-state index contributed by atoms with van der Waals surface area (Å²) in [7, 11) is 1.93. The van der Waals surface area contributed by atoms with Gasteiger partial charge in [-0.15, -0.1) is 11.3 Å². The molecular weight excluding hydrogens is 284 g/mol. The summed E-state index contributed by atoms with van der Waals surface area (Å²) in [6, 6.07) is 4.12. The summed E-state index contributed by atoms with van der Waals surface area (Å²) >= 11 is 1.70. The first-order chi connectivity index (χ1) is 10.2. The second-order valence-electron chi connectivity index (χ2n) is 5.19. The summed E-state index contributed by atoms with van der Waals surface area (Å²) < 4.78 is 5.92. The lowest BCUT2D eigenvalue weighted by Gasteiger charge is -2.32. The van der Waals surface area contributed by atoms with Crippen LogP contribution in [0.4, 0.5) is 5.69 Å². The summed E-state index contributed by atoms with van der Waals surface area (Å²) in [5.41, 5.74) is 3.10. The Morgan fingerprint density at radius 3 is 3.14 bits per heavy atom. The summed E-state index contributed by atoms with van der Waals surface area (Å²) in [5.74, 6) is 0. The molecule has 21 heavy (non-hydrogen) atoms. The normalized spacial score (nSPS) is 19.6. The van der Waals surface area contributed by atoms with Gasteiger partial charge in [0.05, 0.1) is 18.8 Å². The van der Waals surface area contributed by atoms with Crippen molar-refractivity contribution in [2.45, 2.75) is 19.6 Å². The zero-order valence-electron chi connectivity index (χ0n) is 12.4. The van der Waals surface area contributed by atoms with Crippen molar-refractivity contribution in [3.05, 3.63) is 40.1 Å². The van der Waals surface area contributed by atoms with Crippen molar-refractivity contribution >= 4 is 17.0 Å². The van der Waals surface area contributed by atoms with Crippen LogP contribution in [0.2, 0.25) is 0 Å². The number of hydrogen-bond acceptors (Lipinski definition) is 6. The molecule has 1 aliphatic rings. The number of morpholine rings is 1. The molecule has 2 aromatic heterocycles. The van der Waals surface area contributed by atoms with E-state index in [-0.39, 0.29) is 6.10 Å². The molecular formula is C15H20N4OS. The molecule has 0 amide bonds. The second-order valence-corrected chi connectivity index (χ2v) is 6.17. The van der Waals surface area contributed by atoms with Crippen LogP contribution in [0.3, 0.4) is 0 Å². The molecule has 1 N–H and O–H groups in total. The number of aromatic nitrogens is 2. The highest BCUT2D eigenvalue weighted by atomic mass is 32.1. The molecule has 2 aromatic rings. The summed E-state index contributed by atoms with van der Waals surface area (Å²) in [4.78, 5) is 11.4. The topological polar surface area (TPSA) is 50.3 Å². The predicted octanol–water partition coefficient (Wildman–Crippen LogP) is 2.46. The van der Waals surface area contributed by atoms with Gasteiger partial charge < -0.3 is 10.1 Å². The molecule has 6 heteroatoms. The number of anilines is 1. The first-order valence-corrected chi connectivity index (χ1v) is 8.01. The minimum atomic E-state index is 0.0331. The average Bonchev–Trinajstić information content (AvgIpc) is 3.00. The monoisotopic (exact) mass is 304 g/mol. The molecule has 1 saturated heterocycles. The van der Waals surface area contributed by atoms with Crippen molar-refractivity contribution in [2.75, 3.05) is 32.1 Å². The molecule has 1 fully saturated rings. The van der Waals surface area contributed by atoms with Crippen LogP contribution in [0.1, 0.15) is 22.5 Å². The molecule has 3 heterocycles. The van der Waals surface area contributed by atoms with Gasteiger partial charge in [0.15, 0.2) is 0 Å². The lowest BCUT2D eigenvalue weighted by atomic mass is 10.1. The summed E-state index contributed by atoms with van der Waals surface area (Å²) in [6.07, 6.45) is 1.89. The fraction of sp³-hybridized carbons (Fsp3) is 0.467. The van der Waals surface area contributed by atoms with E-state index in [0.29, 0.717) is 0 Å². The SMILES string of the molecule is CNc1cc(C)nc(C2CN(Cc3nccs3)CCO2)c1. The van der Waals surface area contributed by atoms with Crippen LogP contribution in [0.25, 0.3) is 0 Å². The minimum Gasteiger partial charge on any atom is -0.388 e. The van der Waals surface area contributed by atoms with Crippen LogP contribution in [0.15, 0.2) is 23.7 Å². The Hall–Kier alpha value is -1.50. The standard InChI is InChI=1S/C15H20N4OS/c1-11-7-12(16-2)8-13(18-11)14-9-19(4-5-20-14)10-15-17-3-6-21-15/h3,6-8,14H,4-5,9-10H2,1-2H3,(H,16,18). The number of nitrogens with one attached hydrogen (secondary N) is 1. The highest BCUT2D eigenvalue weighted by Gasteiger charge is 2.24. The van der Waals surface area contributed by atoms with E-state index in [0.717, 1.165) is 48.3 Å². The Bertz CT molecular complexity index is 587. The molecule has 0 bridgehead atoms. The highest BCUT2D eigenvalue weighted by molar-refractivity contribution is 7.09. The Morgan fingerprint density at radius 2 is 2.38 bits per heavy atom. The van der Waals surface area contributed by atoms with Gasteiger partial charge in [-0.2, -0.15) is 0 Å². The van der Waals surface area contributed by atoms with Crippen molar-refractivity contribution < 1.29 is 4.74 Å². The van der Waals surface area contributed by atoms with Gasteiger partial charge in [0.2, 0.25) is 0 Å². The van der Waals surface area contributed by atoms with Crippen molar-refractivity contribution in [3.63, 3.8) is 0 Å². The van der Waals surface area contributed by atoms with Crippen LogP contribution >= 0.6 is 11.3 Å². The number of ether oxygens (including phenoxy) is 1. The maximum atomic E-state index is 5.92. The van der Waals surface area contributed by atoms with Crippen LogP contribution in [0, 0.1) is 6.92 Å². The van der Waals surface area contributed by atoms with E-state index in [2.05, 4.69) is 26.3 Å². The van der Waals surface area contributed by atoms with Crippen LogP contribution in [-0.2, 0) is 11.3 Å². The van der Waals surface area contributed by atoms with E-state index in [1.807, 2.05) is 31.6 Å². The van der Waals surface area contributed by atoms with Crippen LogP contribution < -0.4 is 5.32 Å². The zero-order valence-corrected chi connectivity index (χ0v) is 13.2. The molecule has 0 spiro atoms. The van der Waals surface area contributed by atoms with Gasteiger partial charge in [-0.25, -0.2) is 4.98 Å². The van der Waals surface area contributed by atoms with Crippen LogP contribution in [-0.4, -0.2) is 41.6 Å². The van der Waals surface area contributed by atoms with E-state index < -0.39 is 0 Å². The Kier molecular flexibility index (Phi) is 4.48. The first kappa shape index (κ1) is 14.4. The molecule has 1 aliphatic heterocycles. The fourth-order valence-corrected chi connectivity index (χ4v) is 3.21. The zero-order chi connectivity index (χ0) is 14.7. The molecule has 0 radical (unpaired) electrons. The van der Waals surface area contributed by atoms with E-state index >= 15 is 0 Å². The minimum absolute atomic E-state index is 0.0331. The van der Waals surface area contributed by atoms with E-state index in [9.17, 15) is 0 Å². The van der Waals surface area contributed by atoms with Gasteiger partial charge in [0.1, 0.15) is 11.1 Å². The highest BCUT2D eigenvalue weighted by Crippen LogP contribution is 2.24. The van der Waals surface area contributed by atoms with Crippen molar-refractivity contribution in [1.29, 1.82) is 0 Å². The molecule has 0 aromatic carbocycles. The summed E-state index contributed by atoms with van der Waals surface area (Å²) in [6.45, 7) is 5.45. The molecule has 0 aliphatic carbocycles. The first-order valence-electron chi connectivity index (χ1n) is 7.13. The number of hydrogen-bond donors (Lipinski definition) is 1. The quantitative estimate of drug-likeness (QED) is 0.940. The van der Waals surface area contributed by atoms with Gasteiger partial charge in [-0.3, -0.25) is 9.88 Å². The average molecular weight is 304 g/mol. The predicted molar refractivity (Wildman–Crippen MR) is 84.6 cm³/mol. The van der Waals surface area contributed by atoms with Crippen LogP contribution in [0.5, 0.6) is 0 Å². The second kappa shape index (κ2) is 6.51. The Labute approximate surface area is 129 Å². The fourth-order valence-electron chi connectivity index (χ4n) is 2.55. The number of rotatable bonds is 4. The van der Waals surface area contributed by atoms with Crippen molar-refractivity contribution in [2.24, 2.45) is 0 Å². The lowest BCUT2D eigenvalue weighted by molar-refractivity contribution is -0.0350. The van der Waals surface area contributed by atoms with Gasteiger partial charge in [0, 0.05) is 43.1 Å². The molecule has 3 rings (SSSR count).